The fourth-order valence-electron chi connectivity index (χ4n) is 4.84. The van der Waals surface area contributed by atoms with Crippen LogP contribution < -0.4 is 10.2 Å². The second kappa shape index (κ2) is 10.9. The van der Waals surface area contributed by atoms with Crippen LogP contribution in [0.5, 0.6) is 0 Å². The van der Waals surface area contributed by atoms with Gasteiger partial charge in [-0.3, -0.25) is 9.59 Å². The lowest BCUT2D eigenvalue weighted by molar-refractivity contribution is 0.0742. The second-order valence-electron chi connectivity index (χ2n) is 9.39. The van der Waals surface area contributed by atoms with Crippen LogP contribution >= 0.6 is 0 Å². The summed E-state index contributed by atoms with van der Waals surface area (Å²) in [5, 5.41) is 2.78. The molecule has 2 saturated heterocycles. The van der Waals surface area contributed by atoms with E-state index in [1.165, 1.54) is 28.6 Å². The van der Waals surface area contributed by atoms with E-state index in [2.05, 4.69) is 10.2 Å². The lowest BCUT2D eigenvalue weighted by atomic mass is 10.0. The molecule has 38 heavy (non-hydrogen) atoms. The molecule has 2 fully saturated rings. The van der Waals surface area contributed by atoms with Gasteiger partial charge in [-0.15, -0.1) is 0 Å². The number of carbonyl (C=O) groups is 2. The molecule has 0 aliphatic carbocycles. The van der Waals surface area contributed by atoms with Crippen molar-refractivity contribution in [1.82, 2.24) is 9.21 Å². The van der Waals surface area contributed by atoms with Crippen molar-refractivity contribution in [2.45, 2.75) is 17.7 Å². The van der Waals surface area contributed by atoms with E-state index >= 15 is 0 Å². The molecule has 0 aromatic heterocycles. The lowest BCUT2D eigenvalue weighted by Gasteiger charge is -2.36. The molecule has 3 aromatic carbocycles. The van der Waals surface area contributed by atoms with E-state index < -0.39 is 15.9 Å². The van der Waals surface area contributed by atoms with E-state index in [1.54, 1.807) is 53.4 Å². The molecule has 0 radical (unpaired) electrons. The fourth-order valence-corrected chi connectivity index (χ4v) is 6.36. The van der Waals surface area contributed by atoms with Gasteiger partial charge in [0.05, 0.1) is 16.0 Å². The number of piperazine rings is 1. The number of rotatable bonds is 6. The molecule has 2 amide bonds. The maximum Gasteiger partial charge on any atom is 0.256 e. The summed E-state index contributed by atoms with van der Waals surface area (Å²) in [4.78, 5) is 30.5. The average Bonchev–Trinajstić information content (AvgIpc) is 3.50. The molecule has 10 heteroatoms. The highest BCUT2D eigenvalue weighted by atomic mass is 32.2. The van der Waals surface area contributed by atoms with E-state index in [9.17, 15) is 22.4 Å². The van der Waals surface area contributed by atoms with E-state index in [-0.39, 0.29) is 22.2 Å². The zero-order valence-electron chi connectivity index (χ0n) is 20.8. The predicted octanol–water partition coefficient (Wildman–Crippen LogP) is 3.82. The van der Waals surface area contributed by atoms with Crippen molar-refractivity contribution >= 4 is 33.2 Å². The van der Waals surface area contributed by atoms with Crippen LogP contribution in [-0.2, 0) is 10.0 Å². The summed E-state index contributed by atoms with van der Waals surface area (Å²) in [5.74, 6) is -0.976. The van der Waals surface area contributed by atoms with Gasteiger partial charge in [-0.05, 0) is 73.5 Å². The van der Waals surface area contributed by atoms with Gasteiger partial charge in [0.15, 0.2) is 0 Å². The van der Waals surface area contributed by atoms with Gasteiger partial charge in [0.1, 0.15) is 5.82 Å². The Hall–Kier alpha value is -3.76. The molecule has 0 bridgehead atoms. The lowest BCUT2D eigenvalue weighted by Crippen LogP contribution is -2.49. The summed E-state index contributed by atoms with van der Waals surface area (Å²) >= 11 is 0. The van der Waals surface area contributed by atoms with Crippen LogP contribution in [0.15, 0.2) is 77.7 Å². The number of hydrogen-bond acceptors (Lipinski definition) is 5. The minimum atomic E-state index is -3.54. The number of halogens is 1. The molecule has 198 valence electrons. The van der Waals surface area contributed by atoms with Crippen molar-refractivity contribution in [3.63, 3.8) is 0 Å². The minimum absolute atomic E-state index is 0.188. The maximum absolute atomic E-state index is 13.4. The molecule has 0 atom stereocenters. The van der Waals surface area contributed by atoms with Crippen molar-refractivity contribution in [2.75, 3.05) is 49.5 Å². The van der Waals surface area contributed by atoms with Gasteiger partial charge in [0.2, 0.25) is 10.0 Å². The predicted molar refractivity (Wildman–Crippen MR) is 143 cm³/mol. The molecule has 5 rings (SSSR count). The highest BCUT2D eigenvalue weighted by Crippen LogP contribution is 2.23. The molecule has 0 unspecified atom stereocenters. The standard InChI is InChI=1S/C28H29FN4O4S/c29-21-7-11-23(12-8-21)31-17-19-32(20-18-31)28(35)26-6-2-1-5-25(26)27(34)30-22-9-13-24(14-10-22)38(36,37)33-15-3-4-16-33/h1-2,5-14H,3-4,15-20H2,(H,30,34). The van der Waals surface area contributed by atoms with Gasteiger partial charge < -0.3 is 15.1 Å². The van der Waals surface area contributed by atoms with Gasteiger partial charge in [-0.1, -0.05) is 12.1 Å². The Balaban J connectivity index is 1.25. The molecule has 2 aliphatic heterocycles. The van der Waals surface area contributed by atoms with Gasteiger partial charge >= 0.3 is 0 Å². The maximum atomic E-state index is 13.4. The average molecular weight is 537 g/mol. The Kier molecular flexibility index (Phi) is 7.44. The van der Waals surface area contributed by atoms with Crippen LogP contribution in [0.3, 0.4) is 0 Å². The van der Waals surface area contributed by atoms with Gasteiger partial charge in [0.25, 0.3) is 11.8 Å². The van der Waals surface area contributed by atoms with E-state index in [1.807, 2.05) is 0 Å². The quantitative estimate of drug-likeness (QED) is 0.517. The van der Waals surface area contributed by atoms with Crippen LogP contribution in [0.25, 0.3) is 0 Å². The van der Waals surface area contributed by atoms with Crippen molar-refractivity contribution in [2.24, 2.45) is 0 Å². The van der Waals surface area contributed by atoms with Crippen molar-refractivity contribution < 1.29 is 22.4 Å². The van der Waals surface area contributed by atoms with Crippen LogP contribution in [0, 0.1) is 5.82 Å². The first kappa shape index (κ1) is 25.9. The monoisotopic (exact) mass is 536 g/mol. The van der Waals surface area contributed by atoms with Crippen molar-refractivity contribution in [3.8, 4) is 0 Å². The molecule has 3 aromatic rings. The first-order chi connectivity index (χ1) is 18.3. The Labute approximate surface area is 221 Å². The summed E-state index contributed by atoms with van der Waals surface area (Å²) in [7, 11) is -3.54. The third-order valence-electron chi connectivity index (χ3n) is 6.98. The highest BCUT2D eigenvalue weighted by Gasteiger charge is 2.28. The minimum Gasteiger partial charge on any atom is -0.368 e. The largest absolute Gasteiger partial charge is 0.368 e. The third kappa shape index (κ3) is 5.41. The first-order valence-corrected chi connectivity index (χ1v) is 14.1. The Morgan fingerprint density at radius 1 is 0.737 bits per heavy atom. The Morgan fingerprint density at radius 3 is 1.97 bits per heavy atom. The Bertz CT molecular complexity index is 1410. The number of nitrogens with one attached hydrogen (secondary N) is 1. The van der Waals surface area contributed by atoms with Crippen molar-refractivity contribution in [1.29, 1.82) is 0 Å². The number of carbonyl (C=O) groups excluding carboxylic acids is 2. The fraction of sp³-hybridized carbons (Fsp3) is 0.286. The molecular formula is C28H29FN4O4S. The summed E-state index contributed by atoms with van der Waals surface area (Å²) in [6.07, 6.45) is 1.71. The van der Waals surface area contributed by atoms with Crippen LogP contribution in [0.1, 0.15) is 33.6 Å². The van der Waals surface area contributed by atoms with E-state index in [4.69, 9.17) is 0 Å². The SMILES string of the molecule is O=C(Nc1ccc(S(=O)(=O)N2CCCC2)cc1)c1ccccc1C(=O)N1CCN(c2ccc(F)cc2)CC1. The smallest absolute Gasteiger partial charge is 0.256 e. The number of nitrogens with zero attached hydrogens (tertiary/aromatic N) is 3. The highest BCUT2D eigenvalue weighted by molar-refractivity contribution is 7.89. The molecule has 0 saturated carbocycles. The van der Waals surface area contributed by atoms with Gasteiger partial charge in [-0.2, -0.15) is 4.31 Å². The number of anilines is 2. The number of amides is 2. The topological polar surface area (TPSA) is 90.0 Å². The summed E-state index contributed by atoms with van der Waals surface area (Å²) in [5.41, 5.74) is 1.88. The van der Waals surface area contributed by atoms with Gasteiger partial charge in [0, 0.05) is 50.6 Å². The molecule has 1 N–H and O–H groups in total. The van der Waals surface area contributed by atoms with Crippen LogP contribution in [-0.4, -0.2) is 68.7 Å². The summed E-state index contributed by atoms with van der Waals surface area (Å²) in [6, 6.07) is 19.0. The first-order valence-electron chi connectivity index (χ1n) is 12.6. The molecule has 0 spiro atoms. The summed E-state index contributed by atoms with van der Waals surface area (Å²) in [6.45, 7) is 3.18. The van der Waals surface area contributed by atoms with E-state index in [0.717, 1.165) is 18.5 Å². The summed E-state index contributed by atoms with van der Waals surface area (Å²) < 4.78 is 40.2. The number of benzene rings is 3. The normalized spacial score (nSPS) is 16.4. The third-order valence-corrected chi connectivity index (χ3v) is 8.89. The Morgan fingerprint density at radius 2 is 1.34 bits per heavy atom. The van der Waals surface area contributed by atoms with E-state index in [0.29, 0.717) is 50.5 Å². The molecule has 2 aliphatic rings. The zero-order valence-corrected chi connectivity index (χ0v) is 21.7. The van der Waals surface area contributed by atoms with Crippen LogP contribution in [0.4, 0.5) is 15.8 Å². The van der Waals surface area contributed by atoms with Crippen molar-refractivity contribution in [3.05, 3.63) is 89.7 Å². The number of hydrogen-bond donors (Lipinski definition) is 1. The molecule has 8 nitrogen and oxygen atoms in total. The molecular weight excluding hydrogens is 507 g/mol. The zero-order chi connectivity index (χ0) is 26.7. The molecule has 2 heterocycles. The second-order valence-corrected chi connectivity index (χ2v) is 11.3. The van der Waals surface area contributed by atoms with Gasteiger partial charge in [-0.25, -0.2) is 12.8 Å². The number of sulfonamides is 1. The van der Waals surface area contributed by atoms with Crippen LogP contribution in [0.2, 0.25) is 0 Å².